The smallest absolute Gasteiger partial charge is 0.147 e. The Hall–Kier alpha value is 0.413. The van der Waals surface area contributed by atoms with Crippen LogP contribution in [0.1, 0.15) is 17.9 Å². The molecule has 20 heavy (non-hydrogen) atoms. The van der Waals surface area contributed by atoms with E-state index in [-0.39, 0.29) is 37.2 Å². The standard InChI is InChI=1S/C15H18N.3ClH.Zr/c1-16(2)12-15(14-10-6-7-11-14)13-8-4-3-5-9-13;;;;/h3-6,8-10,15H,7,12H2,1-2H3;3*1H;. The van der Waals surface area contributed by atoms with Crippen LogP contribution < -0.4 is 0 Å². The van der Waals surface area contributed by atoms with Gasteiger partial charge in [0.25, 0.3) is 0 Å². The van der Waals surface area contributed by atoms with Gasteiger partial charge in [0.05, 0.1) is 0 Å². The molecule has 5 heteroatoms. The number of nitrogens with zero attached hydrogens (tertiary/aromatic N) is 1. The van der Waals surface area contributed by atoms with Crippen LogP contribution in [0.5, 0.6) is 0 Å². The molecule has 1 atom stereocenters. The Morgan fingerprint density at radius 1 is 1.10 bits per heavy atom. The Morgan fingerprint density at radius 2 is 1.70 bits per heavy atom. The summed E-state index contributed by atoms with van der Waals surface area (Å²) in [5.74, 6) is 0.527. The Balaban J connectivity index is 0. The van der Waals surface area contributed by atoms with Crippen molar-refractivity contribution in [2.24, 2.45) is 0 Å². The monoisotopic (exact) mass is 410 g/mol. The van der Waals surface area contributed by atoms with Crippen molar-refractivity contribution in [2.75, 3.05) is 20.6 Å². The number of halogens is 3. The predicted octanol–water partition coefficient (Wildman–Crippen LogP) is 4.36. The zero-order valence-corrected chi connectivity index (χ0v) is 16.6. The molecule has 0 aromatic heterocycles. The Morgan fingerprint density at radius 3 is 2.15 bits per heavy atom. The fourth-order valence-electron chi connectivity index (χ4n) is 2.28. The SMILES string of the molecule is CN(C)CC(C1=[C]([Zr])CC=C1)c1ccccc1.Cl.Cl.Cl. The molecule has 0 spiro atoms. The topological polar surface area (TPSA) is 3.24 Å². The van der Waals surface area contributed by atoms with Gasteiger partial charge in [-0.25, -0.2) is 0 Å². The van der Waals surface area contributed by atoms with Crippen molar-refractivity contribution in [1.29, 1.82) is 0 Å². The summed E-state index contributed by atoms with van der Waals surface area (Å²) < 4.78 is 1.60. The van der Waals surface area contributed by atoms with Crippen molar-refractivity contribution in [1.82, 2.24) is 4.90 Å². The van der Waals surface area contributed by atoms with Crippen LogP contribution in [0.3, 0.4) is 0 Å². The third-order valence-corrected chi connectivity index (χ3v) is 4.30. The summed E-state index contributed by atoms with van der Waals surface area (Å²) in [4.78, 5) is 2.28. The fourth-order valence-corrected chi connectivity index (χ4v) is 3.21. The quantitative estimate of drug-likeness (QED) is 0.710. The van der Waals surface area contributed by atoms with Gasteiger partial charge < -0.3 is 0 Å². The van der Waals surface area contributed by atoms with Crippen LogP contribution in [0.25, 0.3) is 0 Å². The average molecular weight is 413 g/mol. The van der Waals surface area contributed by atoms with Gasteiger partial charge >= 0.3 is 119 Å². The minimum atomic E-state index is 0. The van der Waals surface area contributed by atoms with Gasteiger partial charge in [0.1, 0.15) is 0 Å². The van der Waals surface area contributed by atoms with Crippen molar-refractivity contribution < 1.29 is 24.7 Å². The maximum absolute atomic E-state index is 2.32. The van der Waals surface area contributed by atoms with Crippen molar-refractivity contribution in [3.05, 3.63) is 56.9 Å². The normalized spacial score (nSPS) is 14.3. The minimum Gasteiger partial charge on any atom is -0.147 e. The van der Waals surface area contributed by atoms with E-state index in [2.05, 4.69) is 61.5 Å². The molecule has 0 saturated heterocycles. The summed E-state index contributed by atoms with van der Waals surface area (Å²) in [5, 5.41) is 0. The first-order valence-corrected chi connectivity index (χ1v) is 7.22. The molecule has 1 aliphatic carbocycles. The maximum atomic E-state index is 2.32. The van der Waals surface area contributed by atoms with Crippen molar-refractivity contribution in [3.8, 4) is 0 Å². The van der Waals surface area contributed by atoms with Gasteiger partial charge in [-0.1, -0.05) is 0 Å². The molecule has 0 aliphatic heterocycles. The molecule has 0 N–H and O–H groups in total. The molecule has 1 aromatic carbocycles. The number of likely N-dealkylation sites (N-methyl/N-ethyl adjacent to an activating group) is 1. The van der Waals surface area contributed by atoms with E-state index >= 15 is 0 Å². The van der Waals surface area contributed by atoms with E-state index in [1.54, 1.807) is 33.6 Å². The fraction of sp³-hybridized carbons (Fsp3) is 0.333. The summed E-state index contributed by atoms with van der Waals surface area (Å²) in [7, 11) is 4.30. The first kappa shape index (κ1) is 22.7. The van der Waals surface area contributed by atoms with Crippen LogP contribution in [0, 0.1) is 0 Å². The Kier molecular flexibility index (Phi) is 12.5. The Bertz CT molecular complexity index is 444. The second-order valence-electron chi connectivity index (χ2n) is 4.77. The molecule has 1 aliphatic rings. The first-order chi connectivity index (χ1) is 8.18. The molecule has 2 rings (SSSR count). The number of rotatable bonds is 4. The number of hydrogen-bond acceptors (Lipinski definition) is 1. The number of allylic oxidation sites excluding steroid dienone is 3. The van der Waals surface area contributed by atoms with Gasteiger partial charge in [-0.05, 0) is 0 Å². The van der Waals surface area contributed by atoms with Crippen LogP contribution >= 0.6 is 37.2 Å². The van der Waals surface area contributed by atoms with Crippen molar-refractivity contribution >= 4 is 37.2 Å². The second-order valence-corrected chi connectivity index (χ2v) is 6.25. The second kappa shape index (κ2) is 11.0. The van der Waals surface area contributed by atoms with E-state index in [1.165, 1.54) is 5.56 Å². The van der Waals surface area contributed by atoms with Gasteiger partial charge in [-0.2, -0.15) is 0 Å². The molecule has 1 aromatic rings. The van der Waals surface area contributed by atoms with E-state index in [4.69, 9.17) is 0 Å². The summed E-state index contributed by atoms with van der Waals surface area (Å²) in [6.07, 6.45) is 5.78. The number of hydrogen-bond donors (Lipinski definition) is 0. The molecule has 0 radical (unpaired) electrons. The Labute approximate surface area is 156 Å². The predicted molar refractivity (Wildman–Crippen MR) is 90.3 cm³/mol. The van der Waals surface area contributed by atoms with E-state index in [0.29, 0.717) is 5.92 Å². The molecular weight excluding hydrogens is 392 g/mol. The van der Waals surface area contributed by atoms with Gasteiger partial charge in [0.2, 0.25) is 0 Å². The zero-order chi connectivity index (χ0) is 12.3. The molecule has 0 saturated carbocycles. The molecular formula is C15H21Cl3NZr. The summed E-state index contributed by atoms with van der Waals surface area (Å²) >= 11 is 1.56. The molecule has 0 fully saturated rings. The van der Waals surface area contributed by atoms with E-state index in [0.717, 1.165) is 13.0 Å². The number of benzene rings is 1. The maximum Gasteiger partial charge on any atom is -0.147 e. The van der Waals surface area contributed by atoms with Gasteiger partial charge in [-0.3, -0.25) is 0 Å². The largest absolute Gasteiger partial charge is 0.147 e. The molecule has 0 bridgehead atoms. The van der Waals surface area contributed by atoms with Crippen LogP contribution in [0.4, 0.5) is 0 Å². The van der Waals surface area contributed by atoms with Crippen molar-refractivity contribution in [3.63, 3.8) is 0 Å². The third kappa shape index (κ3) is 6.04. The summed E-state index contributed by atoms with van der Waals surface area (Å²) in [5.41, 5.74) is 2.98. The van der Waals surface area contributed by atoms with Gasteiger partial charge in [0, 0.05) is 0 Å². The minimum absolute atomic E-state index is 0. The van der Waals surface area contributed by atoms with Crippen LogP contribution in [-0.4, -0.2) is 25.5 Å². The molecule has 0 amide bonds. The van der Waals surface area contributed by atoms with Crippen LogP contribution in [0.2, 0.25) is 0 Å². The molecule has 111 valence electrons. The van der Waals surface area contributed by atoms with Gasteiger partial charge in [-0.15, -0.1) is 37.2 Å². The zero-order valence-electron chi connectivity index (χ0n) is 11.7. The van der Waals surface area contributed by atoms with Crippen LogP contribution in [-0.2, 0) is 24.7 Å². The molecule has 1 nitrogen and oxygen atoms in total. The summed E-state index contributed by atoms with van der Waals surface area (Å²) in [6.45, 7) is 1.08. The third-order valence-electron chi connectivity index (χ3n) is 3.09. The van der Waals surface area contributed by atoms with Crippen molar-refractivity contribution in [2.45, 2.75) is 12.3 Å². The summed E-state index contributed by atoms with van der Waals surface area (Å²) in [6, 6.07) is 10.9. The van der Waals surface area contributed by atoms with E-state index in [9.17, 15) is 0 Å². The molecule has 1 unspecified atom stereocenters. The molecule has 0 heterocycles. The van der Waals surface area contributed by atoms with E-state index < -0.39 is 0 Å². The van der Waals surface area contributed by atoms with E-state index in [1.807, 2.05) is 0 Å². The van der Waals surface area contributed by atoms with Crippen LogP contribution in [0.15, 0.2) is 51.3 Å². The average Bonchev–Trinajstić information content (AvgIpc) is 2.73. The van der Waals surface area contributed by atoms with Gasteiger partial charge in [0.15, 0.2) is 0 Å². The first-order valence-electron chi connectivity index (χ1n) is 5.99.